The van der Waals surface area contributed by atoms with Gasteiger partial charge >= 0.3 is 0 Å². The van der Waals surface area contributed by atoms with Crippen molar-refractivity contribution in [2.45, 2.75) is 13.0 Å². The molecule has 0 aliphatic heterocycles. The molecule has 0 fully saturated rings. The first kappa shape index (κ1) is 18.4. The summed E-state index contributed by atoms with van der Waals surface area (Å²) in [6, 6.07) is 9.62. The molecular weight excluding hydrogens is 354 g/mol. The first-order chi connectivity index (χ1) is 13.0. The second kappa shape index (κ2) is 8.31. The molecule has 0 spiro atoms. The molecule has 1 N–H and O–H groups in total. The van der Waals surface area contributed by atoms with Crippen molar-refractivity contribution in [3.8, 4) is 11.3 Å². The highest BCUT2D eigenvalue weighted by atomic mass is 19.2. The van der Waals surface area contributed by atoms with Gasteiger partial charge in [-0.1, -0.05) is 0 Å². The Labute approximate surface area is 153 Å². The monoisotopic (exact) mass is 370 g/mol. The van der Waals surface area contributed by atoms with Crippen LogP contribution in [0.2, 0.25) is 0 Å². The average molecular weight is 370 g/mol. The molecule has 1 aromatic carbocycles. The number of pyridine rings is 1. The number of halogens is 2. The molecule has 0 aliphatic carbocycles. The van der Waals surface area contributed by atoms with Crippen LogP contribution >= 0.6 is 0 Å². The van der Waals surface area contributed by atoms with Crippen molar-refractivity contribution in [3.63, 3.8) is 0 Å². The van der Waals surface area contributed by atoms with Gasteiger partial charge in [0.1, 0.15) is 0 Å². The lowest BCUT2D eigenvalue weighted by Gasteiger charge is -2.08. The summed E-state index contributed by atoms with van der Waals surface area (Å²) in [7, 11) is 0. The molecule has 0 aliphatic rings. The Morgan fingerprint density at radius 3 is 2.70 bits per heavy atom. The fraction of sp³-hybridized carbons (Fsp3) is 0.158. The Morgan fingerprint density at radius 2 is 1.96 bits per heavy atom. The van der Waals surface area contributed by atoms with Crippen LogP contribution < -0.4 is 10.9 Å². The largest absolute Gasteiger partial charge is 0.352 e. The number of benzene rings is 1. The van der Waals surface area contributed by atoms with Gasteiger partial charge in [-0.2, -0.15) is 5.10 Å². The van der Waals surface area contributed by atoms with Gasteiger partial charge in [-0.05, 0) is 42.8 Å². The number of carbonyl (C=O) groups is 1. The maximum atomic E-state index is 13.2. The van der Waals surface area contributed by atoms with Crippen molar-refractivity contribution in [2.75, 3.05) is 6.54 Å². The van der Waals surface area contributed by atoms with Gasteiger partial charge in [0.15, 0.2) is 11.6 Å². The predicted molar refractivity (Wildman–Crippen MR) is 95.0 cm³/mol. The number of aromatic nitrogens is 3. The van der Waals surface area contributed by atoms with E-state index in [0.29, 0.717) is 18.7 Å². The van der Waals surface area contributed by atoms with E-state index >= 15 is 0 Å². The fourth-order valence-electron chi connectivity index (χ4n) is 2.45. The summed E-state index contributed by atoms with van der Waals surface area (Å²) in [6.07, 6.45) is 3.74. The number of nitrogens with one attached hydrogen (secondary N) is 1. The van der Waals surface area contributed by atoms with Crippen LogP contribution in [0.15, 0.2) is 59.7 Å². The summed E-state index contributed by atoms with van der Waals surface area (Å²) in [4.78, 5) is 27.9. The molecule has 3 aromatic rings. The van der Waals surface area contributed by atoms with Gasteiger partial charge in [-0.15, -0.1) is 0 Å². The van der Waals surface area contributed by atoms with Crippen LogP contribution in [0.4, 0.5) is 8.78 Å². The van der Waals surface area contributed by atoms with E-state index in [2.05, 4.69) is 15.4 Å². The van der Waals surface area contributed by atoms with Gasteiger partial charge in [0.05, 0.1) is 5.69 Å². The minimum absolute atomic E-state index is 0.0303. The third-order valence-corrected chi connectivity index (χ3v) is 3.84. The maximum Gasteiger partial charge on any atom is 0.266 e. The lowest BCUT2D eigenvalue weighted by atomic mass is 10.2. The van der Waals surface area contributed by atoms with Crippen molar-refractivity contribution in [1.29, 1.82) is 0 Å². The molecule has 0 saturated heterocycles. The van der Waals surface area contributed by atoms with E-state index in [0.717, 1.165) is 17.7 Å². The zero-order chi connectivity index (χ0) is 19.2. The van der Waals surface area contributed by atoms with E-state index in [9.17, 15) is 18.4 Å². The zero-order valence-corrected chi connectivity index (χ0v) is 14.2. The van der Waals surface area contributed by atoms with Crippen molar-refractivity contribution in [3.05, 3.63) is 82.4 Å². The van der Waals surface area contributed by atoms with Gasteiger partial charge in [0.2, 0.25) is 0 Å². The van der Waals surface area contributed by atoms with Crippen LogP contribution in [0.3, 0.4) is 0 Å². The topological polar surface area (TPSA) is 76.9 Å². The Kier molecular flexibility index (Phi) is 5.65. The van der Waals surface area contributed by atoms with Crippen molar-refractivity contribution in [2.24, 2.45) is 0 Å². The van der Waals surface area contributed by atoms with Crippen molar-refractivity contribution >= 4 is 5.91 Å². The summed E-state index contributed by atoms with van der Waals surface area (Å²) < 4.78 is 27.4. The van der Waals surface area contributed by atoms with Crippen LogP contribution in [0.5, 0.6) is 0 Å². The van der Waals surface area contributed by atoms with Crippen molar-refractivity contribution in [1.82, 2.24) is 20.1 Å². The predicted octanol–water partition coefficient (Wildman–Crippen LogP) is 2.40. The Morgan fingerprint density at radius 1 is 1.11 bits per heavy atom. The van der Waals surface area contributed by atoms with Crippen LogP contribution in [-0.4, -0.2) is 27.2 Å². The smallest absolute Gasteiger partial charge is 0.266 e. The van der Waals surface area contributed by atoms with Gasteiger partial charge in [-0.25, -0.2) is 13.5 Å². The summed E-state index contributed by atoms with van der Waals surface area (Å²) in [6.45, 7) is 0.550. The lowest BCUT2D eigenvalue weighted by Crippen LogP contribution is -2.28. The number of aryl methyl sites for hydroxylation is 1. The molecule has 27 heavy (non-hydrogen) atoms. The highest BCUT2D eigenvalue weighted by Gasteiger charge is 2.09. The first-order valence-corrected chi connectivity index (χ1v) is 8.26. The minimum atomic E-state index is -1.08. The molecule has 2 heterocycles. The van der Waals surface area contributed by atoms with Crippen molar-refractivity contribution < 1.29 is 13.6 Å². The molecule has 138 valence electrons. The van der Waals surface area contributed by atoms with E-state index in [1.54, 1.807) is 24.5 Å². The first-order valence-electron chi connectivity index (χ1n) is 8.26. The van der Waals surface area contributed by atoms with Crippen LogP contribution in [0.25, 0.3) is 11.3 Å². The van der Waals surface area contributed by atoms with Gasteiger partial charge < -0.3 is 5.32 Å². The molecule has 6 nitrogen and oxygen atoms in total. The summed E-state index contributed by atoms with van der Waals surface area (Å²) >= 11 is 0. The van der Waals surface area contributed by atoms with Gasteiger partial charge in [0, 0.05) is 42.7 Å². The number of rotatable bonds is 6. The third kappa shape index (κ3) is 4.60. The van der Waals surface area contributed by atoms with Gasteiger partial charge in [-0.3, -0.25) is 14.6 Å². The normalized spacial score (nSPS) is 10.6. The summed E-state index contributed by atoms with van der Waals surface area (Å²) in [5.41, 5.74) is 1.18. The minimum Gasteiger partial charge on any atom is -0.352 e. The highest BCUT2D eigenvalue weighted by Crippen LogP contribution is 2.12. The molecule has 0 radical (unpaired) electrons. The van der Waals surface area contributed by atoms with Crippen LogP contribution in [-0.2, 0) is 6.54 Å². The molecule has 0 unspecified atom stereocenters. The SMILES string of the molecule is O=C(NCCCn1nc(-c2cccnc2)ccc1=O)c1ccc(F)c(F)c1. The number of hydrogen-bond acceptors (Lipinski definition) is 4. The lowest BCUT2D eigenvalue weighted by molar-refractivity contribution is 0.0952. The molecule has 0 bridgehead atoms. The number of carbonyl (C=O) groups excluding carboxylic acids is 1. The Balaban J connectivity index is 1.58. The molecule has 1 amide bonds. The second-order valence-corrected chi connectivity index (χ2v) is 5.76. The Bertz CT molecular complexity index is 1010. The van der Waals surface area contributed by atoms with E-state index in [4.69, 9.17) is 0 Å². The Hall–Kier alpha value is -3.42. The standard InChI is InChI=1S/C19H16F2N4O2/c20-15-5-4-13(11-16(15)21)19(27)23-9-2-10-25-18(26)7-6-17(24-25)14-3-1-8-22-12-14/h1,3-8,11-12H,2,9-10H2,(H,23,27). The molecule has 2 aromatic heterocycles. The maximum absolute atomic E-state index is 13.2. The quantitative estimate of drug-likeness (QED) is 0.676. The molecule has 8 heteroatoms. The second-order valence-electron chi connectivity index (χ2n) is 5.76. The third-order valence-electron chi connectivity index (χ3n) is 3.84. The molecular formula is C19H16F2N4O2. The number of amides is 1. The van der Waals surface area contributed by atoms with E-state index in [-0.39, 0.29) is 17.7 Å². The highest BCUT2D eigenvalue weighted by molar-refractivity contribution is 5.94. The van der Waals surface area contributed by atoms with E-state index < -0.39 is 17.5 Å². The molecule has 0 atom stereocenters. The van der Waals surface area contributed by atoms with Crippen LogP contribution in [0.1, 0.15) is 16.8 Å². The number of hydrogen-bond donors (Lipinski definition) is 1. The zero-order valence-electron chi connectivity index (χ0n) is 14.2. The van der Waals surface area contributed by atoms with E-state index in [1.807, 2.05) is 6.07 Å². The fourth-order valence-corrected chi connectivity index (χ4v) is 2.45. The summed E-state index contributed by atoms with van der Waals surface area (Å²) in [5.74, 6) is -2.60. The van der Waals surface area contributed by atoms with Crippen LogP contribution in [0, 0.1) is 11.6 Å². The average Bonchev–Trinajstić information content (AvgIpc) is 2.69. The number of nitrogens with zero attached hydrogens (tertiary/aromatic N) is 3. The summed E-state index contributed by atoms with van der Waals surface area (Å²) in [5, 5.41) is 6.90. The molecule has 0 saturated carbocycles. The van der Waals surface area contributed by atoms with Gasteiger partial charge in [0.25, 0.3) is 11.5 Å². The van der Waals surface area contributed by atoms with E-state index in [1.165, 1.54) is 16.8 Å². The molecule has 3 rings (SSSR count).